The quantitative estimate of drug-likeness (QED) is 0.552. The number of carbonyl (C=O) groups is 2. The smallest absolute Gasteiger partial charge is 0.238 e. The Bertz CT molecular complexity index is 994. The first-order valence-electron chi connectivity index (χ1n) is 10.7. The first-order valence-corrected chi connectivity index (χ1v) is 10.7. The molecular formula is C27H25NO2. The van der Waals surface area contributed by atoms with Gasteiger partial charge in [-0.3, -0.25) is 14.5 Å². The average Bonchev–Trinajstić information content (AvgIpc) is 3.06. The zero-order valence-corrected chi connectivity index (χ0v) is 17.1. The Balaban J connectivity index is 1.60. The number of benzene rings is 3. The Morgan fingerprint density at radius 2 is 1.07 bits per heavy atom. The maximum atomic E-state index is 13.7. The lowest BCUT2D eigenvalue weighted by molar-refractivity contribution is -0.122. The molecule has 1 saturated heterocycles. The molecular weight excluding hydrogens is 370 g/mol. The molecule has 3 aromatic carbocycles. The number of hydrogen-bond donors (Lipinski definition) is 0. The fourth-order valence-corrected chi connectivity index (χ4v) is 5.37. The van der Waals surface area contributed by atoms with Crippen molar-refractivity contribution in [2.24, 2.45) is 11.8 Å². The lowest BCUT2D eigenvalue weighted by Crippen LogP contribution is -2.34. The molecule has 3 aromatic rings. The minimum absolute atomic E-state index is 0.0525. The van der Waals surface area contributed by atoms with Crippen molar-refractivity contribution in [1.29, 1.82) is 0 Å². The van der Waals surface area contributed by atoms with E-state index in [2.05, 4.69) is 24.3 Å². The van der Waals surface area contributed by atoms with E-state index < -0.39 is 0 Å². The Morgan fingerprint density at radius 1 is 0.633 bits per heavy atom. The van der Waals surface area contributed by atoms with Crippen LogP contribution in [0, 0.1) is 18.8 Å². The summed E-state index contributed by atoms with van der Waals surface area (Å²) in [6.07, 6.45) is 1.82. The third-order valence-electron chi connectivity index (χ3n) is 6.80. The molecule has 4 atom stereocenters. The molecule has 1 heterocycles. The number of rotatable bonds is 3. The fourth-order valence-electron chi connectivity index (χ4n) is 5.37. The zero-order valence-electron chi connectivity index (χ0n) is 17.1. The summed E-state index contributed by atoms with van der Waals surface area (Å²) in [5, 5.41) is 0. The summed E-state index contributed by atoms with van der Waals surface area (Å²) in [7, 11) is 0. The third kappa shape index (κ3) is 3.06. The monoisotopic (exact) mass is 395 g/mol. The largest absolute Gasteiger partial charge is 0.274 e. The molecule has 150 valence electrons. The highest BCUT2D eigenvalue weighted by Gasteiger charge is 2.56. The summed E-state index contributed by atoms with van der Waals surface area (Å²) in [6, 6.07) is 28.1. The number of nitrogens with zero attached hydrogens (tertiary/aromatic N) is 1. The number of anilines is 1. The van der Waals surface area contributed by atoms with Crippen LogP contribution in [0.4, 0.5) is 5.69 Å². The van der Waals surface area contributed by atoms with Crippen molar-refractivity contribution in [2.45, 2.75) is 31.6 Å². The van der Waals surface area contributed by atoms with Crippen molar-refractivity contribution in [1.82, 2.24) is 0 Å². The van der Waals surface area contributed by atoms with Gasteiger partial charge in [0.15, 0.2) is 0 Å². The van der Waals surface area contributed by atoms with Gasteiger partial charge in [-0.15, -0.1) is 0 Å². The summed E-state index contributed by atoms with van der Waals surface area (Å²) in [4.78, 5) is 28.9. The molecule has 1 saturated carbocycles. The minimum atomic E-state index is -0.319. The Kier molecular flexibility index (Phi) is 4.74. The molecule has 0 spiro atoms. The van der Waals surface area contributed by atoms with Gasteiger partial charge in [-0.25, -0.2) is 0 Å². The maximum Gasteiger partial charge on any atom is 0.238 e. The van der Waals surface area contributed by atoms with Gasteiger partial charge in [0.2, 0.25) is 11.8 Å². The molecule has 2 aliphatic rings. The van der Waals surface area contributed by atoms with E-state index in [4.69, 9.17) is 0 Å². The van der Waals surface area contributed by atoms with Gasteiger partial charge in [0.05, 0.1) is 17.5 Å². The average molecular weight is 396 g/mol. The van der Waals surface area contributed by atoms with E-state index in [0.29, 0.717) is 5.69 Å². The number of aryl methyl sites for hydroxylation is 1. The lowest BCUT2D eigenvalue weighted by Gasteiger charge is -2.37. The van der Waals surface area contributed by atoms with Crippen molar-refractivity contribution in [3.05, 3.63) is 102 Å². The van der Waals surface area contributed by atoms with Crippen LogP contribution >= 0.6 is 0 Å². The summed E-state index contributed by atoms with van der Waals surface area (Å²) in [5.74, 6) is -0.599. The van der Waals surface area contributed by atoms with E-state index in [0.717, 1.165) is 29.5 Å². The first kappa shape index (κ1) is 18.8. The topological polar surface area (TPSA) is 37.4 Å². The summed E-state index contributed by atoms with van der Waals surface area (Å²) in [6.45, 7) is 2.01. The molecule has 30 heavy (non-hydrogen) atoms. The summed E-state index contributed by atoms with van der Waals surface area (Å²) >= 11 is 0. The molecule has 1 aliphatic heterocycles. The van der Waals surface area contributed by atoms with E-state index >= 15 is 0 Å². The van der Waals surface area contributed by atoms with Gasteiger partial charge in [-0.1, -0.05) is 78.4 Å². The number of carbonyl (C=O) groups excluding carboxylic acids is 2. The lowest BCUT2D eigenvalue weighted by atomic mass is 9.64. The van der Waals surface area contributed by atoms with Gasteiger partial charge in [0.1, 0.15) is 0 Å². The van der Waals surface area contributed by atoms with Crippen LogP contribution in [0.2, 0.25) is 0 Å². The van der Waals surface area contributed by atoms with Crippen LogP contribution in [0.1, 0.15) is 41.4 Å². The van der Waals surface area contributed by atoms with Gasteiger partial charge in [0, 0.05) is 0 Å². The highest BCUT2D eigenvalue weighted by molar-refractivity contribution is 6.22. The van der Waals surface area contributed by atoms with Crippen LogP contribution in [0.25, 0.3) is 0 Å². The Labute approximate surface area is 177 Å². The van der Waals surface area contributed by atoms with Crippen LogP contribution in [-0.4, -0.2) is 11.8 Å². The minimum Gasteiger partial charge on any atom is -0.274 e. The van der Waals surface area contributed by atoms with Crippen LogP contribution in [-0.2, 0) is 9.59 Å². The Morgan fingerprint density at radius 3 is 1.50 bits per heavy atom. The molecule has 2 amide bonds. The standard InChI is InChI=1S/C27H25NO2/c1-18-12-14-21(15-13-18)28-26(29)24-22(19-8-4-2-5-9-19)16-17-23(25(24)27(28)30)20-10-6-3-7-11-20/h2-15,22-25H,16-17H2,1H3. The predicted molar refractivity (Wildman–Crippen MR) is 118 cm³/mol. The van der Waals surface area contributed by atoms with Gasteiger partial charge >= 0.3 is 0 Å². The molecule has 2 fully saturated rings. The molecule has 1 aliphatic carbocycles. The van der Waals surface area contributed by atoms with E-state index in [1.807, 2.05) is 67.6 Å². The van der Waals surface area contributed by atoms with Crippen molar-refractivity contribution < 1.29 is 9.59 Å². The van der Waals surface area contributed by atoms with Crippen molar-refractivity contribution >= 4 is 17.5 Å². The number of imide groups is 1. The molecule has 0 radical (unpaired) electrons. The molecule has 4 unspecified atom stereocenters. The molecule has 3 nitrogen and oxygen atoms in total. The van der Waals surface area contributed by atoms with E-state index in [-0.39, 0.29) is 35.5 Å². The van der Waals surface area contributed by atoms with Gasteiger partial charge in [-0.2, -0.15) is 0 Å². The first-order chi connectivity index (χ1) is 14.6. The maximum absolute atomic E-state index is 13.7. The van der Waals surface area contributed by atoms with Gasteiger partial charge in [-0.05, 0) is 54.9 Å². The molecule has 3 heteroatoms. The third-order valence-corrected chi connectivity index (χ3v) is 6.80. The van der Waals surface area contributed by atoms with Crippen molar-refractivity contribution in [3.63, 3.8) is 0 Å². The molecule has 0 N–H and O–H groups in total. The number of fused-ring (bicyclic) bond motifs is 1. The van der Waals surface area contributed by atoms with Crippen LogP contribution in [0.5, 0.6) is 0 Å². The van der Waals surface area contributed by atoms with Crippen molar-refractivity contribution in [2.75, 3.05) is 4.90 Å². The zero-order chi connectivity index (χ0) is 20.7. The van der Waals surface area contributed by atoms with Crippen LogP contribution < -0.4 is 4.90 Å². The predicted octanol–water partition coefficient (Wildman–Crippen LogP) is 5.46. The number of amides is 2. The van der Waals surface area contributed by atoms with Crippen LogP contribution in [0.3, 0.4) is 0 Å². The molecule has 5 rings (SSSR count). The van der Waals surface area contributed by atoms with Gasteiger partial charge < -0.3 is 0 Å². The van der Waals surface area contributed by atoms with Crippen LogP contribution in [0.15, 0.2) is 84.9 Å². The molecule has 0 aromatic heterocycles. The van der Waals surface area contributed by atoms with Crippen molar-refractivity contribution in [3.8, 4) is 0 Å². The normalized spacial score (nSPS) is 26.0. The summed E-state index contributed by atoms with van der Waals surface area (Å²) in [5.41, 5.74) is 4.11. The van der Waals surface area contributed by atoms with Gasteiger partial charge in [0.25, 0.3) is 0 Å². The molecule has 0 bridgehead atoms. The summed E-state index contributed by atoms with van der Waals surface area (Å²) < 4.78 is 0. The second-order valence-corrected chi connectivity index (χ2v) is 8.51. The Hall–Kier alpha value is -3.20. The second-order valence-electron chi connectivity index (χ2n) is 8.51. The van der Waals surface area contributed by atoms with E-state index in [1.165, 1.54) is 4.90 Å². The van der Waals surface area contributed by atoms with E-state index in [9.17, 15) is 9.59 Å². The SMILES string of the molecule is Cc1ccc(N2C(=O)C3C(c4ccccc4)CCC(c4ccccc4)C3C2=O)cc1. The number of hydrogen-bond acceptors (Lipinski definition) is 2. The highest BCUT2D eigenvalue weighted by atomic mass is 16.2. The fraction of sp³-hybridized carbons (Fsp3) is 0.259. The second kappa shape index (κ2) is 7.56. The highest BCUT2D eigenvalue weighted by Crippen LogP contribution is 2.53. The van der Waals surface area contributed by atoms with E-state index in [1.54, 1.807) is 0 Å².